The lowest BCUT2D eigenvalue weighted by molar-refractivity contribution is -0.384. The summed E-state index contributed by atoms with van der Waals surface area (Å²) in [7, 11) is 0. The van der Waals surface area contributed by atoms with Gasteiger partial charge in [0.1, 0.15) is 6.04 Å². The van der Waals surface area contributed by atoms with Gasteiger partial charge in [0.2, 0.25) is 0 Å². The zero-order valence-electron chi connectivity index (χ0n) is 11.5. The molecule has 1 aromatic carbocycles. The van der Waals surface area contributed by atoms with Crippen LogP contribution in [0.15, 0.2) is 18.2 Å². The highest BCUT2D eigenvalue weighted by Gasteiger charge is 2.26. The predicted octanol–water partition coefficient (Wildman–Crippen LogP) is 1.79. The number of anilines is 1. The molecule has 0 aliphatic carbocycles. The first-order valence-corrected chi connectivity index (χ1v) is 7.63. The zero-order valence-corrected chi connectivity index (χ0v) is 13.7. The normalized spacial score (nSPS) is 17.5. The van der Waals surface area contributed by atoms with Gasteiger partial charge in [-0.3, -0.25) is 19.8 Å². The molecule has 1 N–H and O–H groups in total. The van der Waals surface area contributed by atoms with Gasteiger partial charge in [0.15, 0.2) is 0 Å². The quantitative estimate of drug-likeness (QED) is 0.467. The second kappa shape index (κ2) is 6.56. The van der Waals surface area contributed by atoms with Crippen molar-refractivity contribution in [3.05, 3.63) is 31.9 Å². The van der Waals surface area contributed by atoms with Gasteiger partial charge in [-0.1, -0.05) is 0 Å². The van der Waals surface area contributed by atoms with Gasteiger partial charge in [0.05, 0.1) is 10.6 Å². The van der Waals surface area contributed by atoms with E-state index in [1.807, 2.05) is 4.90 Å². The number of carboxylic acids is 1. The van der Waals surface area contributed by atoms with E-state index in [9.17, 15) is 14.9 Å². The molecule has 21 heavy (non-hydrogen) atoms. The first kappa shape index (κ1) is 16.0. The highest BCUT2D eigenvalue weighted by Crippen LogP contribution is 2.27. The summed E-state index contributed by atoms with van der Waals surface area (Å²) >= 11 is 2.10. The van der Waals surface area contributed by atoms with Crippen LogP contribution < -0.4 is 4.90 Å². The van der Waals surface area contributed by atoms with Crippen molar-refractivity contribution in [2.24, 2.45) is 0 Å². The van der Waals surface area contributed by atoms with Crippen LogP contribution in [0.25, 0.3) is 0 Å². The zero-order chi connectivity index (χ0) is 15.6. The van der Waals surface area contributed by atoms with E-state index in [1.54, 1.807) is 19.1 Å². The number of nitro groups is 1. The van der Waals surface area contributed by atoms with Crippen molar-refractivity contribution in [1.29, 1.82) is 0 Å². The third kappa shape index (κ3) is 3.62. The molecule has 8 heteroatoms. The van der Waals surface area contributed by atoms with Crippen molar-refractivity contribution in [2.45, 2.75) is 13.0 Å². The number of rotatable bonds is 4. The van der Waals surface area contributed by atoms with E-state index in [4.69, 9.17) is 5.11 Å². The van der Waals surface area contributed by atoms with Crippen molar-refractivity contribution in [2.75, 3.05) is 31.1 Å². The van der Waals surface area contributed by atoms with E-state index >= 15 is 0 Å². The van der Waals surface area contributed by atoms with Gasteiger partial charge < -0.3 is 10.0 Å². The lowest BCUT2D eigenvalue weighted by Crippen LogP contribution is -2.51. The molecule has 114 valence electrons. The third-order valence-electron chi connectivity index (χ3n) is 3.70. The number of hydrogen-bond acceptors (Lipinski definition) is 5. The van der Waals surface area contributed by atoms with Crippen LogP contribution >= 0.6 is 22.6 Å². The maximum absolute atomic E-state index is 11.0. The Labute approximate surface area is 135 Å². The molecule has 0 saturated carbocycles. The number of non-ortho nitro benzene ring substituents is 1. The highest BCUT2D eigenvalue weighted by atomic mass is 127. The summed E-state index contributed by atoms with van der Waals surface area (Å²) in [6, 6.07) is 4.34. The average molecular weight is 405 g/mol. The monoisotopic (exact) mass is 405 g/mol. The molecule has 1 aromatic rings. The van der Waals surface area contributed by atoms with Gasteiger partial charge in [-0.15, -0.1) is 0 Å². The fourth-order valence-electron chi connectivity index (χ4n) is 2.37. The number of nitro benzene ring substituents is 1. The molecule has 0 aromatic heterocycles. The first-order valence-electron chi connectivity index (χ1n) is 6.56. The molecule has 0 radical (unpaired) electrons. The van der Waals surface area contributed by atoms with Crippen molar-refractivity contribution in [3.8, 4) is 0 Å². The summed E-state index contributed by atoms with van der Waals surface area (Å²) in [5.41, 5.74) is 1.05. The Hall–Kier alpha value is -1.42. The molecule has 1 aliphatic rings. The summed E-state index contributed by atoms with van der Waals surface area (Å²) in [5, 5.41) is 19.8. The van der Waals surface area contributed by atoms with Gasteiger partial charge in [-0.05, 0) is 35.6 Å². The third-order valence-corrected chi connectivity index (χ3v) is 4.57. The lowest BCUT2D eigenvalue weighted by Gasteiger charge is -2.38. The Morgan fingerprint density at radius 1 is 1.38 bits per heavy atom. The number of halogens is 1. The first-order chi connectivity index (χ1) is 9.90. The van der Waals surface area contributed by atoms with Crippen LogP contribution in [0.3, 0.4) is 0 Å². The Morgan fingerprint density at radius 3 is 2.48 bits per heavy atom. The molecule has 2 rings (SSSR count). The second-order valence-corrected chi connectivity index (χ2v) is 6.09. The summed E-state index contributed by atoms with van der Waals surface area (Å²) < 4.78 is 0.835. The predicted molar refractivity (Wildman–Crippen MR) is 86.7 cm³/mol. The fraction of sp³-hybridized carbons (Fsp3) is 0.462. The number of benzene rings is 1. The maximum Gasteiger partial charge on any atom is 0.320 e. The van der Waals surface area contributed by atoms with Crippen LogP contribution in [0.5, 0.6) is 0 Å². The van der Waals surface area contributed by atoms with Gasteiger partial charge in [-0.2, -0.15) is 0 Å². The molecule has 0 bridgehead atoms. The highest BCUT2D eigenvalue weighted by molar-refractivity contribution is 14.1. The van der Waals surface area contributed by atoms with Gasteiger partial charge in [0.25, 0.3) is 5.69 Å². The molecule has 0 amide bonds. The van der Waals surface area contributed by atoms with Crippen LogP contribution in [-0.2, 0) is 4.79 Å². The summed E-state index contributed by atoms with van der Waals surface area (Å²) in [6.07, 6.45) is 0. The molecule has 1 aliphatic heterocycles. The number of nitrogens with zero attached hydrogens (tertiary/aromatic N) is 3. The largest absolute Gasteiger partial charge is 0.480 e. The minimum absolute atomic E-state index is 0.0845. The molecular weight excluding hydrogens is 389 g/mol. The summed E-state index contributed by atoms with van der Waals surface area (Å²) in [4.78, 5) is 25.4. The van der Waals surface area contributed by atoms with Crippen LogP contribution in [0.1, 0.15) is 6.92 Å². The lowest BCUT2D eigenvalue weighted by atomic mass is 10.2. The Morgan fingerprint density at radius 2 is 2.00 bits per heavy atom. The molecule has 7 nitrogen and oxygen atoms in total. The average Bonchev–Trinajstić information content (AvgIpc) is 2.46. The van der Waals surface area contributed by atoms with Gasteiger partial charge >= 0.3 is 5.97 Å². The van der Waals surface area contributed by atoms with Crippen LogP contribution in [0, 0.1) is 13.7 Å². The number of aliphatic carboxylic acids is 1. The molecule has 0 spiro atoms. The van der Waals surface area contributed by atoms with Crippen LogP contribution in [0.2, 0.25) is 0 Å². The van der Waals surface area contributed by atoms with Gasteiger partial charge in [-0.25, -0.2) is 0 Å². The summed E-state index contributed by atoms with van der Waals surface area (Å²) in [5.74, 6) is -0.812. The summed E-state index contributed by atoms with van der Waals surface area (Å²) in [6.45, 7) is 4.45. The van der Waals surface area contributed by atoms with Crippen molar-refractivity contribution >= 4 is 39.9 Å². The number of piperazine rings is 1. The standard InChI is InChI=1S/C13H16IN3O4/c1-9(13(18)19)15-4-6-16(7-5-15)12-3-2-10(17(20)21)8-11(12)14/h2-3,8-9H,4-7H2,1H3,(H,18,19). The minimum atomic E-state index is -0.812. The minimum Gasteiger partial charge on any atom is -0.480 e. The topological polar surface area (TPSA) is 86.9 Å². The van der Waals surface area contributed by atoms with E-state index in [2.05, 4.69) is 27.5 Å². The molecule has 1 saturated heterocycles. The molecule has 1 heterocycles. The molecular formula is C13H16IN3O4. The molecule has 1 atom stereocenters. The Balaban J connectivity index is 2.05. The molecule has 1 unspecified atom stereocenters. The van der Waals surface area contributed by atoms with E-state index in [1.165, 1.54) is 6.07 Å². The Kier molecular flexibility index (Phi) is 4.99. The van der Waals surface area contributed by atoms with Crippen molar-refractivity contribution in [3.63, 3.8) is 0 Å². The Bertz CT molecular complexity index is 558. The van der Waals surface area contributed by atoms with Crippen LogP contribution in [0.4, 0.5) is 11.4 Å². The SMILES string of the molecule is CC(C(=O)O)N1CCN(c2ccc([N+](=O)[O-])cc2I)CC1. The second-order valence-electron chi connectivity index (χ2n) is 4.93. The number of carboxylic acid groups (broad SMARTS) is 1. The van der Waals surface area contributed by atoms with Crippen LogP contribution in [-0.4, -0.2) is 53.1 Å². The van der Waals surface area contributed by atoms with E-state index in [0.29, 0.717) is 26.2 Å². The maximum atomic E-state index is 11.0. The number of carbonyl (C=O) groups is 1. The van der Waals surface area contributed by atoms with E-state index in [-0.39, 0.29) is 5.69 Å². The van der Waals surface area contributed by atoms with E-state index < -0.39 is 16.9 Å². The van der Waals surface area contributed by atoms with Gasteiger partial charge in [0, 0.05) is 41.9 Å². The van der Waals surface area contributed by atoms with Crippen molar-refractivity contribution < 1.29 is 14.8 Å². The number of hydrogen-bond donors (Lipinski definition) is 1. The molecule has 1 fully saturated rings. The van der Waals surface area contributed by atoms with E-state index in [0.717, 1.165) is 9.26 Å². The fourth-order valence-corrected chi connectivity index (χ4v) is 3.21. The smallest absolute Gasteiger partial charge is 0.320 e. The van der Waals surface area contributed by atoms with Crippen molar-refractivity contribution in [1.82, 2.24) is 4.90 Å².